The molecule has 23 heavy (non-hydrogen) atoms. The normalized spacial score (nSPS) is 17.7. The molecule has 1 atom stereocenters. The van der Waals surface area contributed by atoms with Crippen LogP contribution in [0.1, 0.15) is 12.5 Å². The summed E-state index contributed by atoms with van der Waals surface area (Å²) in [6, 6.07) is 8.36. The zero-order chi connectivity index (χ0) is 15.4. The van der Waals surface area contributed by atoms with Crippen LogP contribution in [0.15, 0.2) is 41.7 Å². The molecule has 0 bridgehead atoms. The fourth-order valence-corrected chi connectivity index (χ4v) is 3.63. The van der Waals surface area contributed by atoms with Crippen LogP contribution in [0.25, 0.3) is 0 Å². The molecule has 0 radical (unpaired) electrons. The highest BCUT2D eigenvalue weighted by molar-refractivity contribution is 7.98. The molecule has 1 aromatic heterocycles. The largest absolute Gasteiger partial charge is 0.350 e. The van der Waals surface area contributed by atoms with Crippen LogP contribution in [-0.4, -0.2) is 35.6 Å². The van der Waals surface area contributed by atoms with Crippen molar-refractivity contribution >= 4 is 41.6 Å². The van der Waals surface area contributed by atoms with Crippen molar-refractivity contribution in [3.05, 3.63) is 47.2 Å². The number of nitrogens with one attached hydrogen (secondary N) is 1. The molecule has 0 unspecified atom stereocenters. The first-order valence-corrected chi connectivity index (χ1v) is 8.76. The van der Waals surface area contributed by atoms with E-state index in [0.29, 0.717) is 6.04 Å². The van der Waals surface area contributed by atoms with E-state index < -0.39 is 0 Å². The van der Waals surface area contributed by atoms with Gasteiger partial charge in [-0.15, -0.1) is 12.4 Å². The number of rotatable bonds is 4. The van der Waals surface area contributed by atoms with Crippen molar-refractivity contribution < 1.29 is 0 Å². The lowest BCUT2D eigenvalue weighted by Crippen LogP contribution is -2.50. The van der Waals surface area contributed by atoms with Crippen molar-refractivity contribution in [1.29, 1.82) is 0 Å². The Hall–Kier alpha value is -1.01. The molecule has 1 saturated heterocycles. The molecule has 0 spiro atoms. The maximum Gasteiger partial charge on any atom is 0.148 e. The fraction of sp³-hybridized carbons (Fsp3) is 0.375. The van der Waals surface area contributed by atoms with Gasteiger partial charge in [-0.2, -0.15) is 0 Å². The van der Waals surface area contributed by atoms with Crippen molar-refractivity contribution in [2.24, 2.45) is 0 Å². The Morgan fingerprint density at radius 2 is 2.17 bits per heavy atom. The molecular formula is C16H20Cl2N4S. The van der Waals surface area contributed by atoms with Crippen LogP contribution >= 0.6 is 35.8 Å². The molecule has 3 rings (SSSR count). The second-order valence-corrected chi connectivity index (χ2v) is 6.74. The first-order valence-electron chi connectivity index (χ1n) is 7.39. The van der Waals surface area contributed by atoms with Crippen molar-refractivity contribution in [2.45, 2.75) is 23.7 Å². The lowest BCUT2D eigenvalue weighted by molar-refractivity contribution is 0.495. The first-order chi connectivity index (χ1) is 10.7. The van der Waals surface area contributed by atoms with Crippen molar-refractivity contribution in [3.8, 4) is 0 Å². The summed E-state index contributed by atoms with van der Waals surface area (Å²) in [7, 11) is 0. The Balaban J connectivity index is 0.00000192. The molecule has 1 N–H and O–H groups in total. The number of thioether (sulfide) groups is 1. The molecule has 1 aliphatic heterocycles. The Morgan fingerprint density at radius 3 is 2.96 bits per heavy atom. The molecule has 4 nitrogen and oxygen atoms in total. The maximum absolute atomic E-state index is 6.20. The quantitative estimate of drug-likeness (QED) is 0.831. The first kappa shape index (κ1) is 18.3. The molecular weight excluding hydrogens is 351 g/mol. The van der Waals surface area contributed by atoms with Crippen LogP contribution in [0.5, 0.6) is 0 Å². The van der Waals surface area contributed by atoms with E-state index in [4.69, 9.17) is 16.6 Å². The SMILES string of the molecule is C[C@@H]1CNCCN1c1cncc(SCc2ccccc2Cl)n1.Cl. The van der Waals surface area contributed by atoms with E-state index in [1.54, 1.807) is 11.8 Å². The summed E-state index contributed by atoms with van der Waals surface area (Å²) >= 11 is 7.86. The summed E-state index contributed by atoms with van der Waals surface area (Å²) in [5.74, 6) is 1.76. The van der Waals surface area contributed by atoms with Crippen LogP contribution in [0, 0.1) is 0 Å². The van der Waals surface area contributed by atoms with Crippen molar-refractivity contribution in [3.63, 3.8) is 0 Å². The van der Waals surface area contributed by atoms with Gasteiger partial charge in [0.2, 0.25) is 0 Å². The van der Waals surface area contributed by atoms with Gasteiger partial charge in [0.25, 0.3) is 0 Å². The average molecular weight is 371 g/mol. The maximum atomic E-state index is 6.20. The van der Waals surface area contributed by atoms with Crippen LogP contribution in [0.2, 0.25) is 5.02 Å². The van der Waals surface area contributed by atoms with E-state index in [-0.39, 0.29) is 12.4 Å². The van der Waals surface area contributed by atoms with Gasteiger partial charge >= 0.3 is 0 Å². The number of piperazine rings is 1. The van der Waals surface area contributed by atoms with E-state index in [1.807, 2.05) is 36.7 Å². The second kappa shape index (κ2) is 8.73. The number of hydrogen-bond donors (Lipinski definition) is 1. The molecule has 124 valence electrons. The Labute approximate surface area is 152 Å². The molecule has 1 aromatic carbocycles. The Bertz CT molecular complexity index is 641. The minimum Gasteiger partial charge on any atom is -0.350 e. The third kappa shape index (κ3) is 4.73. The summed E-state index contributed by atoms with van der Waals surface area (Å²) < 4.78 is 0. The van der Waals surface area contributed by atoms with Gasteiger partial charge in [0.1, 0.15) is 10.8 Å². The molecule has 1 fully saturated rings. The molecule has 7 heteroatoms. The van der Waals surface area contributed by atoms with E-state index in [1.165, 1.54) is 0 Å². The highest BCUT2D eigenvalue weighted by Gasteiger charge is 2.19. The topological polar surface area (TPSA) is 41.0 Å². The molecule has 1 aliphatic rings. The standard InChI is InChI=1S/C16H19ClN4S.ClH/c1-12-8-18-6-7-21(12)15-9-19-10-16(20-15)22-11-13-4-2-3-5-14(13)17;/h2-5,9-10,12,18H,6-8,11H2,1H3;1H/t12-;/m1./s1. The zero-order valence-corrected chi connectivity index (χ0v) is 15.3. The third-order valence-corrected chi connectivity index (χ3v) is 5.05. The summed E-state index contributed by atoms with van der Waals surface area (Å²) in [6.45, 7) is 5.15. The monoisotopic (exact) mass is 370 g/mol. The van der Waals surface area contributed by atoms with Gasteiger partial charge in [-0.25, -0.2) is 4.98 Å². The van der Waals surface area contributed by atoms with Gasteiger partial charge in [-0.1, -0.05) is 41.6 Å². The average Bonchev–Trinajstić information content (AvgIpc) is 2.55. The van der Waals surface area contributed by atoms with Crippen molar-refractivity contribution in [1.82, 2.24) is 15.3 Å². The van der Waals surface area contributed by atoms with Crippen LogP contribution < -0.4 is 10.2 Å². The summed E-state index contributed by atoms with van der Waals surface area (Å²) in [4.78, 5) is 11.4. The van der Waals surface area contributed by atoms with Crippen LogP contribution in [0.3, 0.4) is 0 Å². The third-order valence-electron chi connectivity index (χ3n) is 3.73. The number of anilines is 1. The molecule has 2 heterocycles. The summed E-state index contributed by atoms with van der Waals surface area (Å²) in [5.41, 5.74) is 1.12. The zero-order valence-electron chi connectivity index (χ0n) is 12.9. The van der Waals surface area contributed by atoms with Gasteiger partial charge in [0.05, 0.1) is 12.4 Å². The predicted molar refractivity (Wildman–Crippen MR) is 100.0 cm³/mol. The molecule has 0 saturated carbocycles. The smallest absolute Gasteiger partial charge is 0.148 e. The number of nitrogens with zero attached hydrogens (tertiary/aromatic N) is 3. The van der Waals surface area contributed by atoms with E-state index in [0.717, 1.165) is 46.8 Å². The van der Waals surface area contributed by atoms with Gasteiger partial charge in [0.15, 0.2) is 0 Å². The van der Waals surface area contributed by atoms with Crippen LogP contribution in [-0.2, 0) is 5.75 Å². The number of benzene rings is 1. The molecule has 2 aromatic rings. The minimum atomic E-state index is 0. The molecule has 0 amide bonds. The Kier molecular flexibility index (Phi) is 6.96. The number of hydrogen-bond acceptors (Lipinski definition) is 5. The van der Waals surface area contributed by atoms with Gasteiger partial charge in [0, 0.05) is 36.5 Å². The summed E-state index contributed by atoms with van der Waals surface area (Å²) in [5, 5.41) is 5.13. The van der Waals surface area contributed by atoms with Gasteiger partial charge < -0.3 is 10.2 Å². The molecule has 0 aliphatic carbocycles. The predicted octanol–water partition coefficient (Wildman–Crippen LogP) is 3.64. The van der Waals surface area contributed by atoms with Crippen LogP contribution in [0.4, 0.5) is 5.82 Å². The van der Waals surface area contributed by atoms with Gasteiger partial charge in [-0.3, -0.25) is 4.98 Å². The Morgan fingerprint density at radius 1 is 1.35 bits per heavy atom. The summed E-state index contributed by atoms with van der Waals surface area (Å²) in [6.07, 6.45) is 3.67. The number of aromatic nitrogens is 2. The van der Waals surface area contributed by atoms with E-state index >= 15 is 0 Å². The highest BCUT2D eigenvalue weighted by Crippen LogP contribution is 2.26. The fourth-order valence-electron chi connectivity index (χ4n) is 2.49. The second-order valence-electron chi connectivity index (χ2n) is 5.34. The lowest BCUT2D eigenvalue weighted by Gasteiger charge is -2.34. The highest BCUT2D eigenvalue weighted by atomic mass is 35.5. The van der Waals surface area contributed by atoms with Crippen molar-refractivity contribution in [2.75, 3.05) is 24.5 Å². The number of halogens is 2. The van der Waals surface area contributed by atoms with E-state index in [2.05, 4.69) is 22.1 Å². The van der Waals surface area contributed by atoms with Gasteiger partial charge in [-0.05, 0) is 18.6 Å². The lowest BCUT2D eigenvalue weighted by atomic mass is 10.2. The van der Waals surface area contributed by atoms with E-state index in [9.17, 15) is 0 Å². The minimum absolute atomic E-state index is 0.